The summed E-state index contributed by atoms with van der Waals surface area (Å²) in [5.74, 6) is 1.57. The van der Waals surface area contributed by atoms with Crippen LogP contribution >= 0.6 is 11.6 Å². The van der Waals surface area contributed by atoms with Crippen LogP contribution in [-0.2, 0) is 22.9 Å². The predicted molar refractivity (Wildman–Crippen MR) is 125 cm³/mol. The number of hydrogen-bond donors (Lipinski definition) is 1. The molecule has 6 nitrogen and oxygen atoms in total. The fourth-order valence-electron chi connectivity index (χ4n) is 3.80. The maximum atomic E-state index is 13.4. The van der Waals surface area contributed by atoms with E-state index in [1.165, 1.54) is 20.3 Å². The van der Waals surface area contributed by atoms with Crippen molar-refractivity contribution >= 4 is 27.3 Å². The van der Waals surface area contributed by atoms with Crippen molar-refractivity contribution in [2.45, 2.75) is 30.6 Å². The molecule has 1 N–H and O–H groups in total. The molecular formula is C24H24ClNO5S. The van der Waals surface area contributed by atoms with Crippen LogP contribution in [0, 0.1) is 0 Å². The second-order valence-corrected chi connectivity index (χ2v) is 9.57. The van der Waals surface area contributed by atoms with Crippen LogP contribution in [-0.4, -0.2) is 22.6 Å². The highest BCUT2D eigenvalue weighted by molar-refractivity contribution is 7.92. The normalized spacial score (nSPS) is 13.2. The highest BCUT2D eigenvalue weighted by Gasteiger charge is 2.25. The topological polar surface area (TPSA) is 73.9 Å². The summed E-state index contributed by atoms with van der Waals surface area (Å²) < 4.78 is 46.1. The molecule has 0 saturated carbocycles. The van der Waals surface area contributed by atoms with Gasteiger partial charge in [0.2, 0.25) is 0 Å². The third kappa shape index (κ3) is 4.64. The lowest BCUT2D eigenvalue weighted by atomic mass is 9.92. The Kier molecular flexibility index (Phi) is 6.48. The summed E-state index contributed by atoms with van der Waals surface area (Å²) in [5, 5.41) is 0.368. The standard InChI is InChI=1S/C24H24ClNO5S/c1-29-21-9-5-6-10-22(21)31-20-12-11-18(25)15-19(20)26-32(27,28)24-14-17-8-4-3-7-16(17)13-23(24)30-2/h5-6,9-15,26H,3-4,7-8H2,1-2H3. The van der Waals surface area contributed by atoms with Gasteiger partial charge in [-0.2, -0.15) is 0 Å². The Morgan fingerprint density at radius 1 is 0.812 bits per heavy atom. The maximum Gasteiger partial charge on any atom is 0.265 e. The van der Waals surface area contributed by atoms with Gasteiger partial charge in [-0.05, 0) is 79.3 Å². The van der Waals surface area contributed by atoms with Gasteiger partial charge in [0.25, 0.3) is 10.0 Å². The van der Waals surface area contributed by atoms with Gasteiger partial charge >= 0.3 is 0 Å². The summed E-state index contributed by atoms with van der Waals surface area (Å²) in [7, 11) is -0.973. The first-order chi connectivity index (χ1) is 15.4. The highest BCUT2D eigenvalue weighted by Crippen LogP contribution is 2.38. The number of ether oxygens (including phenoxy) is 3. The quantitative estimate of drug-likeness (QED) is 0.467. The first kappa shape index (κ1) is 22.3. The smallest absolute Gasteiger partial charge is 0.265 e. The first-order valence-corrected chi connectivity index (χ1v) is 12.1. The number of aryl methyl sites for hydroxylation is 2. The predicted octanol–water partition coefficient (Wildman–Crippen LogP) is 5.83. The molecule has 8 heteroatoms. The molecule has 0 saturated heterocycles. The third-order valence-corrected chi connectivity index (χ3v) is 7.01. The Labute approximate surface area is 193 Å². The number of para-hydroxylation sites is 2. The molecule has 0 aromatic heterocycles. The van der Waals surface area contributed by atoms with Gasteiger partial charge in [0.15, 0.2) is 17.2 Å². The van der Waals surface area contributed by atoms with E-state index < -0.39 is 10.0 Å². The second-order valence-electron chi connectivity index (χ2n) is 7.48. The summed E-state index contributed by atoms with van der Waals surface area (Å²) in [6, 6.07) is 15.4. The Balaban J connectivity index is 1.72. The molecule has 0 heterocycles. The van der Waals surface area contributed by atoms with Gasteiger partial charge in [-0.1, -0.05) is 23.7 Å². The van der Waals surface area contributed by atoms with Crippen molar-refractivity contribution in [2.75, 3.05) is 18.9 Å². The molecule has 4 rings (SSSR count). The van der Waals surface area contributed by atoms with E-state index in [0.29, 0.717) is 28.0 Å². The molecule has 168 valence electrons. The monoisotopic (exact) mass is 473 g/mol. The maximum absolute atomic E-state index is 13.4. The Hall–Kier alpha value is -2.90. The number of nitrogens with one attached hydrogen (secondary N) is 1. The van der Waals surface area contributed by atoms with Crippen molar-refractivity contribution in [2.24, 2.45) is 0 Å². The number of fused-ring (bicyclic) bond motifs is 1. The summed E-state index contributed by atoms with van der Waals surface area (Å²) in [6.45, 7) is 0. The van der Waals surface area contributed by atoms with Crippen LogP contribution in [0.25, 0.3) is 0 Å². The van der Waals surface area contributed by atoms with Crippen LogP contribution < -0.4 is 18.9 Å². The number of halogens is 1. The zero-order valence-corrected chi connectivity index (χ0v) is 19.4. The van der Waals surface area contributed by atoms with Crippen molar-refractivity contribution in [3.8, 4) is 23.0 Å². The largest absolute Gasteiger partial charge is 0.495 e. The van der Waals surface area contributed by atoms with Crippen LogP contribution in [0.1, 0.15) is 24.0 Å². The molecular weight excluding hydrogens is 450 g/mol. The number of hydrogen-bond acceptors (Lipinski definition) is 5. The zero-order chi connectivity index (χ0) is 22.7. The van der Waals surface area contributed by atoms with E-state index in [9.17, 15) is 8.42 Å². The van der Waals surface area contributed by atoms with Crippen LogP contribution in [0.5, 0.6) is 23.0 Å². The van der Waals surface area contributed by atoms with Gasteiger partial charge in [-0.15, -0.1) is 0 Å². The van der Waals surface area contributed by atoms with E-state index in [0.717, 1.165) is 36.8 Å². The summed E-state index contributed by atoms with van der Waals surface area (Å²) >= 11 is 6.17. The molecule has 0 amide bonds. The minimum atomic E-state index is -3.98. The van der Waals surface area contributed by atoms with E-state index in [-0.39, 0.29) is 10.6 Å². The second kappa shape index (κ2) is 9.30. The zero-order valence-electron chi connectivity index (χ0n) is 17.9. The highest BCUT2D eigenvalue weighted by atomic mass is 35.5. The van der Waals surface area contributed by atoms with Gasteiger partial charge < -0.3 is 14.2 Å². The number of benzene rings is 3. The van der Waals surface area contributed by atoms with Crippen molar-refractivity contribution in [1.82, 2.24) is 0 Å². The molecule has 0 fully saturated rings. The molecule has 0 unspecified atom stereocenters. The summed E-state index contributed by atoms with van der Waals surface area (Å²) in [6.07, 6.45) is 3.90. The van der Waals surface area contributed by atoms with Crippen LogP contribution in [0.2, 0.25) is 5.02 Å². The SMILES string of the molecule is COc1ccccc1Oc1ccc(Cl)cc1NS(=O)(=O)c1cc2c(cc1OC)CCCC2. The lowest BCUT2D eigenvalue weighted by Gasteiger charge is -2.20. The van der Waals surface area contributed by atoms with E-state index in [2.05, 4.69) is 4.72 Å². The lowest BCUT2D eigenvalue weighted by molar-refractivity contribution is 0.379. The average Bonchev–Trinajstić information content (AvgIpc) is 2.80. The van der Waals surface area contributed by atoms with E-state index >= 15 is 0 Å². The molecule has 1 aliphatic carbocycles. The van der Waals surface area contributed by atoms with Gasteiger partial charge in [0.1, 0.15) is 10.6 Å². The van der Waals surface area contributed by atoms with Crippen LogP contribution in [0.4, 0.5) is 5.69 Å². The van der Waals surface area contributed by atoms with Crippen LogP contribution in [0.3, 0.4) is 0 Å². The van der Waals surface area contributed by atoms with Gasteiger partial charge in [-0.3, -0.25) is 4.72 Å². The fourth-order valence-corrected chi connectivity index (χ4v) is 5.24. The molecule has 1 aliphatic rings. The molecule has 0 radical (unpaired) electrons. The van der Waals surface area contributed by atoms with Gasteiger partial charge in [0, 0.05) is 5.02 Å². The van der Waals surface area contributed by atoms with Gasteiger partial charge in [-0.25, -0.2) is 8.42 Å². The van der Waals surface area contributed by atoms with Crippen molar-refractivity contribution in [3.63, 3.8) is 0 Å². The number of anilines is 1. The van der Waals surface area contributed by atoms with Crippen molar-refractivity contribution in [3.05, 3.63) is 70.7 Å². The average molecular weight is 474 g/mol. The molecule has 0 spiro atoms. The Morgan fingerprint density at radius 2 is 1.47 bits per heavy atom. The lowest BCUT2D eigenvalue weighted by Crippen LogP contribution is -2.16. The van der Waals surface area contributed by atoms with E-state index in [1.807, 2.05) is 12.1 Å². The molecule has 32 heavy (non-hydrogen) atoms. The third-order valence-electron chi connectivity index (χ3n) is 5.39. The molecule has 3 aromatic rings. The number of methoxy groups -OCH3 is 2. The van der Waals surface area contributed by atoms with E-state index in [1.54, 1.807) is 36.4 Å². The Bertz CT molecular complexity index is 1240. The van der Waals surface area contributed by atoms with Crippen molar-refractivity contribution < 1.29 is 22.6 Å². The molecule has 0 bridgehead atoms. The summed E-state index contributed by atoms with van der Waals surface area (Å²) in [5.41, 5.74) is 2.38. The summed E-state index contributed by atoms with van der Waals surface area (Å²) in [4.78, 5) is 0.0869. The number of rotatable bonds is 7. The fraction of sp³-hybridized carbons (Fsp3) is 0.250. The van der Waals surface area contributed by atoms with Gasteiger partial charge in [0.05, 0.1) is 19.9 Å². The molecule has 0 aliphatic heterocycles. The molecule has 0 atom stereocenters. The van der Waals surface area contributed by atoms with Crippen LogP contribution in [0.15, 0.2) is 59.5 Å². The molecule has 3 aromatic carbocycles. The minimum Gasteiger partial charge on any atom is -0.495 e. The first-order valence-electron chi connectivity index (χ1n) is 10.2. The van der Waals surface area contributed by atoms with E-state index in [4.69, 9.17) is 25.8 Å². The Morgan fingerprint density at radius 3 is 2.16 bits per heavy atom. The van der Waals surface area contributed by atoms with Crippen molar-refractivity contribution in [1.29, 1.82) is 0 Å². The minimum absolute atomic E-state index is 0.0869. The number of sulfonamides is 1.